The fraction of sp³-hybridized carbons (Fsp3) is 0.143. The molecular weight excluding hydrogens is 489 g/mol. The summed E-state index contributed by atoms with van der Waals surface area (Å²) in [6.45, 7) is 6.35. The van der Waals surface area contributed by atoms with E-state index in [1.807, 2.05) is 35.3 Å². The molecule has 0 fully saturated rings. The van der Waals surface area contributed by atoms with E-state index in [1.165, 1.54) is 22.1 Å². The van der Waals surface area contributed by atoms with Gasteiger partial charge in [0.15, 0.2) is 0 Å². The second kappa shape index (κ2) is 6.93. The number of fused-ring (bicyclic) bond motifs is 1. The topological polar surface area (TPSA) is 30.7 Å². The van der Waals surface area contributed by atoms with Gasteiger partial charge in [0.25, 0.3) is 0 Å². The number of pyridine rings is 1. The molecule has 2 heterocycles. The number of nitrogens with zero attached hydrogens (tertiary/aromatic N) is 3. The summed E-state index contributed by atoms with van der Waals surface area (Å²) in [5.74, 6) is 0. The Bertz CT molecular complexity index is 1020. The number of rotatable bonds is 2. The molecule has 25 heavy (non-hydrogen) atoms. The van der Waals surface area contributed by atoms with Crippen LogP contribution in [-0.4, -0.2) is 14.8 Å². The van der Waals surface area contributed by atoms with Crippen molar-refractivity contribution in [3.63, 3.8) is 0 Å². The quantitative estimate of drug-likeness (QED) is 0.365. The summed E-state index contributed by atoms with van der Waals surface area (Å²) in [7, 11) is 0. The molecule has 3 nitrogen and oxygen atoms in total. The van der Waals surface area contributed by atoms with Gasteiger partial charge >= 0.3 is 0 Å². The Kier molecular flexibility index (Phi) is 4.87. The number of hydrogen-bond donors (Lipinski definition) is 0. The summed E-state index contributed by atoms with van der Waals surface area (Å²) < 4.78 is 1.91. The van der Waals surface area contributed by atoms with E-state index in [-0.39, 0.29) is 21.1 Å². The van der Waals surface area contributed by atoms with Crippen molar-refractivity contribution in [3.05, 3.63) is 77.7 Å². The van der Waals surface area contributed by atoms with E-state index in [0.29, 0.717) is 0 Å². The Hall–Kier alpha value is -2.25. The molecule has 0 unspecified atom stereocenters. The van der Waals surface area contributed by atoms with E-state index in [2.05, 4.69) is 61.3 Å². The second-order valence-electron chi connectivity index (χ2n) is 6.23. The van der Waals surface area contributed by atoms with Gasteiger partial charge in [-0.2, -0.15) is 0 Å². The first-order valence-corrected chi connectivity index (χ1v) is 8.03. The first-order chi connectivity index (χ1) is 11.6. The van der Waals surface area contributed by atoms with Crippen molar-refractivity contribution < 1.29 is 21.1 Å². The zero-order chi connectivity index (χ0) is 16.7. The smallest absolute Gasteiger partial charge is 0.0553 e. The first-order valence-electron chi connectivity index (χ1n) is 8.03. The van der Waals surface area contributed by atoms with Crippen LogP contribution in [0.15, 0.2) is 54.9 Å². The minimum absolute atomic E-state index is 0. The first kappa shape index (κ1) is 17.6. The van der Waals surface area contributed by atoms with Gasteiger partial charge in [-0.3, -0.25) is 5.10 Å². The van der Waals surface area contributed by atoms with Crippen LogP contribution in [0, 0.1) is 27.0 Å². The monoisotopic (exact) mass is 507 g/mol. The molecule has 128 valence electrons. The molecule has 0 spiro atoms. The second-order valence-corrected chi connectivity index (χ2v) is 6.23. The molecule has 0 bridgehead atoms. The molecule has 4 heteroatoms. The fourth-order valence-electron chi connectivity index (χ4n) is 3.38. The molecule has 4 rings (SSSR count). The van der Waals surface area contributed by atoms with Crippen LogP contribution in [0.25, 0.3) is 27.7 Å². The van der Waals surface area contributed by atoms with Crippen LogP contribution in [0.2, 0.25) is 0 Å². The molecule has 2 aromatic heterocycles. The molecule has 0 N–H and O–H groups in total. The van der Waals surface area contributed by atoms with Crippen LogP contribution in [0.5, 0.6) is 0 Å². The molecule has 0 aliphatic heterocycles. The Morgan fingerprint density at radius 1 is 0.960 bits per heavy atom. The Morgan fingerprint density at radius 3 is 2.44 bits per heavy atom. The molecule has 0 saturated carbocycles. The third-order valence-corrected chi connectivity index (χ3v) is 4.32. The van der Waals surface area contributed by atoms with E-state index in [9.17, 15) is 0 Å². The summed E-state index contributed by atoms with van der Waals surface area (Å²) in [5, 5.41) is 6.76. The number of hydrogen-bond acceptors (Lipinski definition) is 2. The van der Waals surface area contributed by atoms with E-state index in [4.69, 9.17) is 0 Å². The fourth-order valence-corrected chi connectivity index (χ4v) is 3.38. The van der Waals surface area contributed by atoms with E-state index >= 15 is 0 Å². The van der Waals surface area contributed by atoms with Crippen molar-refractivity contribution in [1.82, 2.24) is 14.8 Å². The maximum absolute atomic E-state index is 4.56. The standard InChI is InChI=1S/C21H18N3.Pt/c1-14-10-15(2)21(16(3)11-14)24-13-18(12-23-24)20-19-7-5-4-6-17(19)8-9-22-20;/h4-11,13H,1-3H3;/q-1;. The maximum Gasteiger partial charge on any atom is 0.0553 e. The molecule has 0 aliphatic carbocycles. The van der Waals surface area contributed by atoms with Crippen molar-refractivity contribution in [2.75, 3.05) is 0 Å². The van der Waals surface area contributed by atoms with Gasteiger partial charge in [-0.1, -0.05) is 48.2 Å². The molecule has 0 aliphatic rings. The maximum atomic E-state index is 4.56. The van der Waals surface area contributed by atoms with Crippen LogP contribution < -0.4 is 0 Å². The Balaban J connectivity index is 0.00000182. The van der Waals surface area contributed by atoms with Crippen LogP contribution >= 0.6 is 0 Å². The van der Waals surface area contributed by atoms with Crippen molar-refractivity contribution >= 4 is 10.8 Å². The molecule has 0 atom stereocenters. The normalized spacial score (nSPS) is 10.7. The summed E-state index contributed by atoms with van der Waals surface area (Å²) in [6.07, 6.45) is 6.98. The van der Waals surface area contributed by atoms with Crippen LogP contribution in [0.4, 0.5) is 0 Å². The molecule has 2 aromatic carbocycles. The van der Waals surface area contributed by atoms with Crippen molar-refractivity contribution in [2.45, 2.75) is 20.8 Å². The predicted octanol–water partition coefficient (Wildman–Crippen LogP) is 4.81. The van der Waals surface area contributed by atoms with Crippen molar-refractivity contribution in [2.24, 2.45) is 0 Å². The minimum atomic E-state index is 0. The summed E-state index contributed by atoms with van der Waals surface area (Å²) >= 11 is 0. The third-order valence-electron chi connectivity index (χ3n) is 4.32. The van der Waals surface area contributed by atoms with Crippen LogP contribution in [-0.2, 0) is 21.1 Å². The predicted molar refractivity (Wildman–Crippen MR) is 97.3 cm³/mol. The van der Waals surface area contributed by atoms with Gasteiger partial charge in [-0.25, -0.2) is 0 Å². The zero-order valence-electron chi connectivity index (χ0n) is 14.4. The Morgan fingerprint density at radius 2 is 1.68 bits per heavy atom. The SMILES string of the molecule is Cc1cc(C)c(-n2cc(-c3nccc4ccccc34)[c-]n2)c(C)c1.[Pt]. The van der Waals surface area contributed by atoms with E-state index in [0.717, 1.165) is 22.3 Å². The zero-order valence-corrected chi connectivity index (χ0v) is 16.6. The van der Waals surface area contributed by atoms with Gasteiger partial charge in [0.2, 0.25) is 0 Å². The van der Waals surface area contributed by atoms with Crippen molar-refractivity contribution in [3.8, 4) is 16.9 Å². The summed E-state index contributed by atoms with van der Waals surface area (Å²) in [5.41, 5.74) is 6.62. The van der Waals surface area contributed by atoms with Crippen LogP contribution in [0.1, 0.15) is 16.7 Å². The van der Waals surface area contributed by atoms with Crippen molar-refractivity contribution in [1.29, 1.82) is 0 Å². The molecule has 4 aromatic rings. The van der Waals surface area contributed by atoms with E-state index in [1.54, 1.807) is 0 Å². The average molecular weight is 507 g/mol. The van der Waals surface area contributed by atoms with E-state index < -0.39 is 0 Å². The number of aromatic nitrogens is 3. The van der Waals surface area contributed by atoms with Gasteiger partial charge in [0, 0.05) is 27.3 Å². The number of benzene rings is 2. The molecule has 0 saturated heterocycles. The van der Waals surface area contributed by atoms with Gasteiger partial charge in [-0.05, 0) is 60.6 Å². The molecular formula is C21H18N3Pt-. The average Bonchev–Trinajstić information content (AvgIpc) is 3.02. The Labute approximate surface area is 162 Å². The largest absolute Gasteiger partial charge is 0.320 e. The molecule has 0 amide bonds. The van der Waals surface area contributed by atoms with Crippen LogP contribution in [0.3, 0.4) is 0 Å². The number of aryl methyl sites for hydroxylation is 3. The molecule has 0 radical (unpaired) electrons. The summed E-state index contributed by atoms with van der Waals surface area (Å²) in [6, 6.07) is 14.6. The van der Waals surface area contributed by atoms with Gasteiger partial charge in [0.1, 0.15) is 0 Å². The van der Waals surface area contributed by atoms with Gasteiger partial charge in [-0.15, -0.1) is 5.56 Å². The minimum Gasteiger partial charge on any atom is -0.320 e. The third kappa shape index (κ3) is 3.17. The summed E-state index contributed by atoms with van der Waals surface area (Å²) in [4.78, 5) is 4.56. The van der Waals surface area contributed by atoms with Gasteiger partial charge < -0.3 is 9.67 Å². The van der Waals surface area contributed by atoms with Gasteiger partial charge in [0.05, 0.1) is 5.69 Å².